The van der Waals surface area contributed by atoms with Crippen molar-refractivity contribution in [3.63, 3.8) is 0 Å². The molecule has 2 aliphatic rings. The molecule has 8 heteroatoms. The third kappa shape index (κ3) is 2.76. The van der Waals surface area contributed by atoms with Crippen molar-refractivity contribution in [2.24, 2.45) is 5.92 Å². The number of likely N-dealkylation sites (tertiary alicyclic amines) is 1. The molecule has 4 heterocycles. The van der Waals surface area contributed by atoms with Crippen molar-refractivity contribution in [1.82, 2.24) is 14.5 Å². The fourth-order valence-corrected chi connectivity index (χ4v) is 4.40. The lowest BCUT2D eigenvalue weighted by Gasteiger charge is -2.25. The van der Waals surface area contributed by atoms with E-state index in [1.165, 1.54) is 16.8 Å². The first-order valence-corrected chi connectivity index (χ1v) is 9.34. The van der Waals surface area contributed by atoms with Crippen molar-refractivity contribution >= 4 is 22.8 Å². The smallest absolute Gasteiger partial charge is 0.408 e. The summed E-state index contributed by atoms with van der Waals surface area (Å²) in [6.45, 7) is 2.11. The molecule has 1 aromatic carbocycles. The van der Waals surface area contributed by atoms with Gasteiger partial charge in [0.25, 0.3) is 0 Å². The number of carbonyl (C=O) groups is 1. The molecule has 7 nitrogen and oxygen atoms in total. The minimum Gasteiger partial charge on any atom is -0.408 e. The number of carbonyl (C=O) groups excluding carboxylic acids is 1. The molecule has 0 radical (unpaired) electrons. The van der Waals surface area contributed by atoms with Crippen LogP contribution >= 0.6 is 0 Å². The second kappa shape index (κ2) is 6.47. The molecule has 5 rings (SSSR count). The molecule has 2 aromatic heterocycles. The highest BCUT2D eigenvalue weighted by Gasteiger charge is 2.43. The molecule has 2 aliphatic heterocycles. The molecule has 0 spiro atoms. The van der Waals surface area contributed by atoms with E-state index in [4.69, 9.17) is 4.42 Å². The normalized spacial score (nSPS) is 21.5. The summed E-state index contributed by atoms with van der Waals surface area (Å²) in [6, 6.07) is 10.2. The average Bonchev–Trinajstić information content (AvgIpc) is 3.35. The Bertz CT molecular complexity index is 1090. The number of nitrogens with zero attached hydrogens (tertiary/aromatic N) is 4. The number of oxazole rings is 1. The van der Waals surface area contributed by atoms with Gasteiger partial charge in [-0.1, -0.05) is 12.1 Å². The Labute approximate surface area is 160 Å². The van der Waals surface area contributed by atoms with E-state index >= 15 is 0 Å². The van der Waals surface area contributed by atoms with Crippen molar-refractivity contribution in [2.45, 2.75) is 19.0 Å². The summed E-state index contributed by atoms with van der Waals surface area (Å²) in [4.78, 5) is 33.2. The molecule has 0 saturated carbocycles. The van der Waals surface area contributed by atoms with E-state index in [0.717, 1.165) is 18.8 Å². The average molecular weight is 382 g/mol. The van der Waals surface area contributed by atoms with Crippen LogP contribution in [0.5, 0.6) is 0 Å². The molecule has 2 fully saturated rings. The number of benzene rings is 1. The van der Waals surface area contributed by atoms with Crippen LogP contribution < -0.4 is 10.7 Å². The topological polar surface area (TPSA) is 71.6 Å². The minimum atomic E-state index is -0.520. The zero-order valence-corrected chi connectivity index (χ0v) is 15.1. The van der Waals surface area contributed by atoms with Gasteiger partial charge in [-0.2, -0.15) is 0 Å². The lowest BCUT2D eigenvalue weighted by Crippen LogP contribution is -2.42. The van der Waals surface area contributed by atoms with Gasteiger partial charge in [0.1, 0.15) is 18.2 Å². The van der Waals surface area contributed by atoms with Crippen LogP contribution in [0.2, 0.25) is 0 Å². The SMILES string of the molecule is O=C(Cn1c(=O)oc2ccccc21)N1CCC2CN(c3ccc(F)cn3)CC21. The highest BCUT2D eigenvalue weighted by molar-refractivity contribution is 5.80. The van der Waals surface area contributed by atoms with E-state index in [-0.39, 0.29) is 24.3 Å². The maximum absolute atomic E-state index is 13.1. The number of para-hydroxylation sites is 2. The number of fused-ring (bicyclic) bond motifs is 2. The molecule has 28 heavy (non-hydrogen) atoms. The van der Waals surface area contributed by atoms with Crippen molar-refractivity contribution in [2.75, 3.05) is 24.5 Å². The summed E-state index contributed by atoms with van der Waals surface area (Å²) in [7, 11) is 0. The van der Waals surface area contributed by atoms with Gasteiger partial charge in [0, 0.05) is 25.6 Å². The van der Waals surface area contributed by atoms with Crippen molar-refractivity contribution in [3.8, 4) is 0 Å². The Morgan fingerprint density at radius 1 is 1.21 bits per heavy atom. The summed E-state index contributed by atoms with van der Waals surface area (Å²) in [5, 5.41) is 0. The van der Waals surface area contributed by atoms with Crippen LogP contribution in [0.15, 0.2) is 51.8 Å². The molecule has 3 aromatic rings. The van der Waals surface area contributed by atoms with Crippen molar-refractivity contribution in [1.29, 1.82) is 0 Å². The molecule has 0 N–H and O–H groups in total. The Kier molecular flexibility index (Phi) is 3.92. The molecule has 0 aliphatic carbocycles. The number of amides is 1. The standard InChI is InChI=1S/C20H19FN4O3/c21-14-5-6-18(22-9-14)23-10-13-7-8-24(16(13)11-23)19(26)12-25-15-3-1-2-4-17(15)28-20(25)27/h1-6,9,13,16H,7-8,10-12H2. The van der Waals surface area contributed by atoms with E-state index in [1.54, 1.807) is 24.3 Å². The molecule has 0 bridgehead atoms. The molecule has 2 unspecified atom stereocenters. The number of hydrogen-bond donors (Lipinski definition) is 0. The Balaban J connectivity index is 1.34. The minimum absolute atomic E-state index is 0.0339. The van der Waals surface area contributed by atoms with E-state index < -0.39 is 5.76 Å². The molecule has 2 atom stereocenters. The molecular formula is C20H19FN4O3. The van der Waals surface area contributed by atoms with Gasteiger partial charge >= 0.3 is 5.76 Å². The van der Waals surface area contributed by atoms with Crippen molar-refractivity contribution < 1.29 is 13.6 Å². The molecule has 2 saturated heterocycles. The zero-order chi connectivity index (χ0) is 19.3. The number of rotatable bonds is 3. The van der Waals surface area contributed by atoms with Crippen LogP contribution in [-0.2, 0) is 11.3 Å². The van der Waals surface area contributed by atoms with Crippen LogP contribution in [0.1, 0.15) is 6.42 Å². The number of halogens is 1. The highest BCUT2D eigenvalue weighted by atomic mass is 19.1. The second-order valence-electron chi connectivity index (χ2n) is 7.36. The predicted molar refractivity (Wildman–Crippen MR) is 100 cm³/mol. The summed E-state index contributed by atoms with van der Waals surface area (Å²) < 4.78 is 19.7. The van der Waals surface area contributed by atoms with Crippen molar-refractivity contribution in [3.05, 3.63) is 59.0 Å². The number of hydrogen-bond acceptors (Lipinski definition) is 5. The molecular weight excluding hydrogens is 363 g/mol. The van der Waals surface area contributed by atoms with Crippen LogP contribution in [0.25, 0.3) is 11.1 Å². The Hall–Kier alpha value is -3.16. The van der Waals surface area contributed by atoms with Crippen LogP contribution in [-0.4, -0.2) is 46.0 Å². The summed E-state index contributed by atoms with van der Waals surface area (Å²) in [6.07, 6.45) is 2.12. The first-order valence-electron chi connectivity index (χ1n) is 9.34. The fraction of sp³-hybridized carbons (Fsp3) is 0.350. The first-order chi connectivity index (χ1) is 13.6. The van der Waals surface area contributed by atoms with E-state index in [9.17, 15) is 14.0 Å². The highest BCUT2D eigenvalue weighted by Crippen LogP contribution is 2.33. The van der Waals surface area contributed by atoms with Gasteiger partial charge in [-0.05, 0) is 30.7 Å². The van der Waals surface area contributed by atoms with Crippen LogP contribution in [0, 0.1) is 11.7 Å². The van der Waals surface area contributed by atoms with Gasteiger partial charge in [-0.3, -0.25) is 9.36 Å². The maximum atomic E-state index is 13.1. The fourth-order valence-electron chi connectivity index (χ4n) is 4.40. The Morgan fingerprint density at radius 3 is 2.89 bits per heavy atom. The lowest BCUT2D eigenvalue weighted by molar-refractivity contribution is -0.132. The number of aromatic nitrogens is 2. The first kappa shape index (κ1) is 17.0. The summed E-state index contributed by atoms with van der Waals surface area (Å²) >= 11 is 0. The molecule has 144 valence electrons. The van der Waals surface area contributed by atoms with Gasteiger partial charge in [0.2, 0.25) is 5.91 Å². The second-order valence-corrected chi connectivity index (χ2v) is 7.36. The van der Waals surface area contributed by atoms with E-state index in [0.29, 0.717) is 30.1 Å². The maximum Gasteiger partial charge on any atom is 0.420 e. The predicted octanol–water partition coefficient (Wildman–Crippen LogP) is 1.87. The zero-order valence-electron chi connectivity index (χ0n) is 15.1. The van der Waals surface area contributed by atoms with E-state index in [1.807, 2.05) is 11.0 Å². The quantitative estimate of drug-likeness (QED) is 0.692. The third-order valence-electron chi connectivity index (χ3n) is 5.77. The van der Waals surface area contributed by atoms with Gasteiger partial charge in [-0.25, -0.2) is 14.2 Å². The lowest BCUT2D eigenvalue weighted by atomic mass is 10.1. The summed E-state index contributed by atoms with van der Waals surface area (Å²) in [5.74, 6) is 0.107. The van der Waals surface area contributed by atoms with Gasteiger partial charge < -0.3 is 14.2 Å². The monoisotopic (exact) mass is 382 g/mol. The van der Waals surface area contributed by atoms with Crippen LogP contribution in [0.4, 0.5) is 10.2 Å². The van der Waals surface area contributed by atoms with Gasteiger partial charge in [-0.15, -0.1) is 0 Å². The van der Waals surface area contributed by atoms with E-state index in [2.05, 4.69) is 9.88 Å². The number of pyridine rings is 1. The molecule has 1 amide bonds. The largest absolute Gasteiger partial charge is 0.420 e. The summed E-state index contributed by atoms with van der Waals surface area (Å²) in [5.41, 5.74) is 1.11. The van der Waals surface area contributed by atoms with Crippen LogP contribution in [0.3, 0.4) is 0 Å². The Morgan fingerprint density at radius 2 is 2.07 bits per heavy atom. The van der Waals surface area contributed by atoms with Gasteiger partial charge in [0.05, 0.1) is 17.8 Å². The van der Waals surface area contributed by atoms with Gasteiger partial charge in [0.15, 0.2) is 5.58 Å². The third-order valence-corrected chi connectivity index (χ3v) is 5.77. The number of anilines is 1.